The molecule has 1 N–H and O–H groups in total. The number of amides is 2. The van der Waals surface area contributed by atoms with E-state index in [2.05, 4.69) is 15.6 Å². The highest BCUT2D eigenvalue weighted by Crippen LogP contribution is 2.29. The average Bonchev–Trinajstić information content (AvgIpc) is 3.59. The topological polar surface area (TPSA) is 89.4 Å². The molecule has 0 unspecified atom stereocenters. The summed E-state index contributed by atoms with van der Waals surface area (Å²) in [5.41, 5.74) is 3.11. The van der Waals surface area contributed by atoms with E-state index in [1.807, 2.05) is 78.9 Å². The van der Waals surface area contributed by atoms with Crippen LogP contribution in [0.4, 0.5) is 0 Å². The number of hydrogen-bond donors (Lipinski definition) is 1. The first-order valence-electron chi connectivity index (χ1n) is 12.7. The lowest BCUT2D eigenvalue weighted by molar-refractivity contribution is -0.142. The molecule has 3 aromatic carbocycles. The Morgan fingerprint density at radius 3 is 2.57 bits per heavy atom. The second-order valence-electron chi connectivity index (χ2n) is 9.41. The minimum atomic E-state index is -0.835. The van der Waals surface area contributed by atoms with Crippen LogP contribution in [0.25, 0.3) is 11.0 Å². The summed E-state index contributed by atoms with van der Waals surface area (Å²) in [5, 5.41) is 11.6. The third-order valence-electron chi connectivity index (χ3n) is 6.89. The summed E-state index contributed by atoms with van der Waals surface area (Å²) in [6.45, 7) is 0.233. The summed E-state index contributed by atoms with van der Waals surface area (Å²) in [4.78, 5) is 29.5. The van der Waals surface area contributed by atoms with Gasteiger partial charge in [-0.2, -0.15) is 0 Å². The maximum absolute atomic E-state index is 14.0. The van der Waals surface area contributed by atoms with Crippen LogP contribution in [0, 0.1) is 0 Å². The molecule has 0 bridgehead atoms. The number of fused-ring (bicyclic) bond motifs is 1. The normalized spacial score (nSPS) is 14.4. The first-order valence-corrected chi connectivity index (χ1v) is 12.7. The van der Waals surface area contributed by atoms with Gasteiger partial charge in [-0.1, -0.05) is 72.7 Å². The quantitative estimate of drug-likeness (QED) is 0.373. The van der Waals surface area contributed by atoms with Crippen LogP contribution >= 0.6 is 0 Å². The van der Waals surface area contributed by atoms with Gasteiger partial charge in [-0.05, 0) is 48.2 Å². The zero-order chi connectivity index (χ0) is 25.6. The van der Waals surface area contributed by atoms with Crippen molar-refractivity contribution in [3.8, 4) is 5.75 Å². The van der Waals surface area contributed by atoms with E-state index in [9.17, 15) is 9.59 Å². The SMILES string of the molecule is COc1cccc([C@H](C(=O)NC2CCCC2)N(Cc2ccccc2)C(=O)Cn2nnc3ccccc32)c1. The summed E-state index contributed by atoms with van der Waals surface area (Å²) < 4.78 is 7.04. The van der Waals surface area contributed by atoms with Gasteiger partial charge < -0.3 is 15.0 Å². The van der Waals surface area contributed by atoms with Gasteiger partial charge in [-0.15, -0.1) is 5.10 Å². The molecule has 2 amide bonds. The molecule has 1 aromatic heterocycles. The third kappa shape index (κ3) is 5.63. The number of benzene rings is 3. The van der Waals surface area contributed by atoms with Crippen LogP contribution in [0.5, 0.6) is 5.75 Å². The van der Waals surface area contributed by atoms with Gasteiger partial charge in [-0.25, -0.2) is 4.68 Å². The van der Waals surface area contributed by atoms with Gasteiger partial charge in [-0.3, -0.25) is 9.59 Å². The lowest BCUT2D eigenvalue weighted by Crippen LogP contribution is -2.46. The summed E-state index contributed by atoms with van der Waals surface area (Å²) in [7, 11) is 1.59. The van der Waals surface area contributed by atoms with Crippen molar-refractivity contribution in [3.05, 3.63) is 90.0 Å². The van der Waals surface area contributed by atoms with E-state index in [1.165, 1.54) is 0 Å². The largest absolute Gasteiger partial charge is 0.497 e. The Hall–Kier alpha value is -4.20. The van der Waals surface area contributed by atoms with E-state index in [1.54, 1.807) is 16.7 Å². The van der Waals surface area contributed by atoms with Gasteiger partial charge in [0, 0.05) is 12.6 Å². The number of rotatable bonds is 9. The molecule has 1 heterocycles. The monoisotopic (exact) mass is 497 g/mol. The lowest BCUT2D eigenvalue weighted by atomic mass is 10.0. The second-order valence-corrected chi connectivity index (χ2v) is 9.41. The summed E-state index contributed by atoms with van der Waals surface area (Å²) in [6, 6.07) is 23.9. The molecule has 0 radical (unpaired) electrons. The Bertz CT molecular complexity index is 1360. The molecule has 1 aliphatic rings. The number of carbonyl (C=O) groups excluding carboxylic acids is 2. The highest BCUT2D eigenvalue weighted by molar-refractivity contribution is 5.89. The molecule has 4 aromatic rings. The standard InChI is InChI=1S/C29H31N5O3/c1-37-24-15-9-12-22(18-24)28(29(36)30-23-13-5-6-14-23)33(19-21-10-3-2-4-11-21)27(35)20-34-26-17-8-7-16-25(26)31-32-34/h2-4,7-12,15-18,23,28H,5-6,13-14,19-20H2,1H3,(H,30,36)/t28-/m1/s1. The molecular formula is C29H31N5O3. The molecule has 1 aliphatic carbocycles. The molecule has 1 fully saturated rings. The van der Waals surface area contributed by atoms with Crippen LogP contribution in [0.15, 0.2) is 78.9 Å². The zero-order valence-corrected chi connectivity index (χ0v) is 20.9. The van der Waals surface area contributed by atoms with Crippen molar-refractivity contribution in [2.24, 2.45) is 0 Å². The number of ether oxygens (including phenoxy) is 1. The molecule has 5 rings (SSSR count). The van der Waals surface area contributed by atoms with Crippen LogP contribution in [-0.4, -0.2) is 44.9 Å². The molecule has 190 valence electrons. The Balaban J connectivity index is 1.53. The highest BCUT2D eigenvalue weighted by Gasteiger charge is 2.34. The summed E-state index contributed by atoms with van der Waals surface area (Å²) in [5.74, 6) is 0.215. The summed E-state index contributed by atoms with van der Waals surface area (Å²) >= 11 is 0. The number of carbonyl (C=O) groups is 2. The fourth-order valence-electron chi connectivity index (χ4n) is 4.99. The van der Waals surface area contributed by atoms with E-state index in [4.69, 9.17) is 4.74 Å². The molecule has 1 atom stereocenters. The Labute approximate surface area is 216 Å². The van der Waals surface area contributed by atoms with Crippen molar-refractivity contribution in [3.63, 3.8) is 0 Å². The minimum absolute atomic E-state index is 0.0372. The highest BCUT2D eigenvalue weighted by atomic mass is 16.5. The van der Waals surface area contributed by atoms with E-state index < -0.39 is 6.04 Å². The van der Waals surface area contributed by atoms with Crippen LogP contribution < -0.4 is 10.1 Å². The molecular weight excluding hydrogens is 466 g/mol. The maximum Gasteiger partial charge on any atom is 0.247 e. The number of hydrogen-bond acceptors (Lipinski definition) is 5. The summed E-state index contributed by atoms with van der Waals surface area (Å²) in [6.07, 6.45) is 4.10. The molecule has 0 saturated heterocycles. The van der Waals surface area contributed by atoms with E-state index in [0.29, 0.717) is 16.8 Å². The van der Waals surface area contributed by atoms with Gasteiger partial charge in [0.05, 0.1) is 12.6 Å². The van der Waals surface area contributed by atoms with Crippen LogP contribution in [-0.2, 0) is 22.7 Å². The molecule has 0 aliphatic heterocycles. The van der Waals surface area contributed by atoms with E-state index in [-0.39, 0.29) is 30.9 Å². The first kappa shape index (κ1) is 24.5. The Kier molecular flexibility index (Phi) is 7.44. The fourth-order valence-corrected chi connectivity index (χ4v) is 4.99. The minimum Gasteiger partial charge on any atom is -0.497 e. The number of para-hydroxylation sites is 1. The number of aromatic nitrogens is 3. The van der Waals surface area contributed by atoms with Gasteiger partial charge in [0.1, 0.15) is 23.9 Å². The molecule has 37 heavy (non-hydrogen) atoms. The van der Waals surface area contributed by atoms with Gasteiger partial charge >= 0.3 is 0 Å². The maximum atomic E-state index is 14.0. The number of methoxy groups -OCH3 is 1. The number of nitrogens with one attached hydrogen (secondary N) is 1. The van der Waals surface area contributed by atoms with Crippen molar-refractivity contribution in [2.75, 3.05) is 7.11 Å². The smallest absolute Gasteiger partial charge is 0.247 e. The van der Waals surface area contributed by atoms with E-state index >= 15 is 0 Å². The van der Waals surface area contributed by atoms with Gasteiger partial charge in [0.25, 0.3) is 0 Å². The fraction of sp³-hybridized carbons (Fsp3) is 0.310. The molecule has 8 nitrogen and oxygen atoms in total. The van der Waals surface area contributed by atoms with Crippen molar-refractivity contribution >= 4 is 22.8 Å². The third-order valence-corrected chi connectivity index (χ3v) is 6.89. The van der Waals surface area contributed by atoms with Crippen LogP contribution in [0.3, 0.4) is 0 Å². The lowest BCUT2D eigenvalue weighted by Gasteiger charge is -2.32. The van der Waals surface area contributed by atoms with Crippen LogP contribution in [0.1, 0.15) is 42.9 Å². The Morgan fingerprint density at radius 1 is 1.03 bits per heavy atom. The molecule has 8 heteroatoms. The van der Waals surface area contributed by atoms with Crippen LogP contribution in [0.2, 0.25) is 0 Å². The predicted octanol–water partition coefficient (Wildman–Crippen LogP) is 4.27. The predicted molar refractivity (Wildman–Crippen MR) is 141 cm³/mol. The molecule has 0 spiro atoms. The van der Waals surface area contributed by atoms with Gasteiger partial charge in [0.2, 0.25) is 11.8 Å². The van der Waals surface area contributed by atoms with Crippen molar-refractivity contribution in [1.29, 1.82) is 0 Å². The van der Waals surface area contributed by atoms with Gasteiger partial charge in [0.15, 0.2) is 0 Å². The Morgan fingerprint density at radius 2 is 1.78 bits per heavy atom. The molecule has 1 saturated carbocycles. The second kappa shape index (κ2) is 11.2. The van der Waals surface area contributed by atoms with Crippen molar-refractivity contribution in [2.45, 2.75) is 50.9 Å². The average molecular weight is 498 g/mol. The van der Waals surface area contributed by atoms with Crippen molar-refractivity contribution in [1.82, 2.24) is 25.2 Å². The van der Waals surface area contributed by atoms with E-state index in [0.717, 1.165) is 36.8 Å². The number of nitrogens with zero attached hydrogens (tertiary/aromatic N) is 4. The van der Waals surface area contributed by atoms with Crippen molar-refractivity contribution < 1.29 is 14.3 Å². The first-order chi connectivity index (χ1) is 18.1. The zero-order valence-electron chi connectivity index (χ0n) is 20.9.